The number of aryl methyl sites for hydroxylation is 1. The second-order valence-electron chi connectivity index (χ2n) is 9.15. The van der Waals surface area contributed by atoms with Crippen molar-refractivity contribution in [2.24, 2.45) is 13.0 Å². The van der Waals surface area contributed by atoms with E-state index in [1.165, 1.54) is 5.56 Å². The Kier molecular flexibility index (Phi) is 6.20. The number of nitrogens with zero attached hydrogens (tertiary/aromatic N) is 3. The van der Waals surface area contributed by atoms with E-state index in [-0.39, 0.29) is 35.3 Å². The van der Waals surface area contributed by atoms with E-state index >= 15 is 0 Å². The third-order valence-electron chi connectivity index (χ3n) is 6.87. The minimum Gasteiger partial charge on any atom is -0.378 e. The van der Waals surface area contributed by atoms with Crippen molar-refractivity contribution in [2.75, 3.05) is 20.2 Å². The van der Waals surface area contributed by atoms with Gasteiger partial charge in [-0.3, -0.25) is 14.3 Å². The van der Waals surface area contributed by atoms with E-state index in [2.05, 4.69) is 22.5 Å². The summed E-state index contributed by atoms with van der Waals surface area (Å²) in [6.07, 6.45) is 8.47. The first-order valence-electron chi connectivity index (χ1n) is 11.2. The third kappa shape index (κ3) is 3.97. The molecule has 7 heteroatoms. The van der Waals surface area contributed by atoms with Gasteiger partial charge in [-0.1, -0.05) is 38.1 Å². The summed E-state index contributed by atoms with van der Waals surface area (Å²) in [5.41, 5.74) is 3.05. The number of hydrogen-bond acceptors (Lipinski definition) is 4. The number of benzene rings is 1. The van der Waals surface area contributed by atoms with Gasteiger partial charge in [-0.2, -0.15) is 5.10 Å². The van der Waals surface area contributed by atoms with Crippen LogP contribution in [0.1, 0.15) is 49.4 Å². The Morgan fingerprint density at radius 1 is 1.25 bits per heavy atom. The number of carbonyl (C=O) groups excluding carboxylic acids is 2. The zero-order valence-corrected chi connectivity index (χ0v) is 19.2. The van der Waals surface area contributed by atoms with E-state index in [9.17, 15) is 9.59 Å². The average molecular weight is 437 g/mol. The zero-order valence-electron chi connectivity index (χ0n) is 19.2. The number of amides is 2. The highest BCUT2D eigenvalue weighted by Crippen LogP contribution is 2.52. The van der Waals surface area contributed by atoms with Crippen LogP contribution in [0.2, 0.25) is 0 Å². The molecule has 1 aliphatic heterocycles. The molecule has 1 fully saturated rings. The van der Waals surface area contributed by atoms with Crippen LogP contribution in [-0.2, 0) is 26.8 Å². The van der Waals surface area contributed by atoms with Crippen LogP contribution in [0, 0.1) is 5.92 Å². The summed E-state index contributed by atoms with van der Waals surface area (Å²) in [5, 5.41) is 7.35. The van der Waals surface area contributed by atoms with Gasteiger partial charge in [0.15, 0.2) is 0 Å². The van der Waals surface area contributed by atoms with Gasteiger partial charge in [-0.15, -0.1) is 0 Å². The highest BCUT2D eigenvalue weighted by Gasteiger charge is 2.54. The van der Waals surface area contributed by atoms with Gasteiger partial charge in [0.1, 0.15) is 0 Å². The number of hydrogen-bond donors (Lipinski definition) is 1. The predicted octanol–water partition coefficient (Wildman–Crippen LogP) is 2.84. The van der Waals surface area contributed by atoms with Crippen molar-refractivity contribution in [2.45, 2.75) is 44.2 Å². The van der Waals surface area contributed by atoms with E-state index < -0.39 is 0 Å². The fourth-order valence-corrected chi connectivity index (χ4v) is 5.17. The van der Waals surface area contributed by atoms with E-state index in [1.54, 1.807) is 30.1 Å². The number of ether oxygens (including phenoxy) is 1. The summed E-state index contributed by atoms with van der Waals surface area (Å²) < 4.78 is 7.76. The minimum atomic E-state index is -0.218. The maximum atomic E-state index is 12.8. The molecule has 7 nitrogen and oxygen atoms in total. The van der Waals surface area contributed by atoms with Crippen molar-refractivity contribution < 1.29 is 14.3 Å². The van der Waals surface area contributed by atoms with Crippen LogP contribution in [0.4, 0.5) is 0 Å². The Morgan fingerprint density at radius 2 is 1.97 bits per heavy atom. The van der Waals surface area contributed by atoms with Crippen LogP contribution in [0.5, 0.6) is 0 Å². The summed E-state index contributed by atoms with van der Waals surface area (Å²) in [5.74, 6) is -0.0621. The second-order valence-corrected chi connectivity index (χ2v) is 9.15. The quantitative estimate of drug-likeness (QED) is 0.732. The molecule has 1 aromatic heterocycles. The maximum Gasteiger partial charge on any atom is 0.246 e. The molecule has 2 aliphatic rings. The van der Waals surface area contributed by atoms with E-state index in [4.69, 9.17) is 4.74 Å². The van der Waals surface area contributed by atoms with Gasteiger partial charge in [0.2, 0.25) is 11.8 Å². The van der Waals surface area contributed by atoms with Crippen molar-refractivity contribution in [3.63, 3.8) is 0 Å². The van der Waals surface area contributed by atoms with Crippen LogP contribution >= 0.6 is 0 Å². The minimum absolute atomic E-state index is 0.00797. The van der Waals surface area contributed by atoms with Crippen LogP contribution < -0.4 is 5.32 Å². The Labute approximate surface area is 189 Å². The number of fused-ring (bicyclic) bond motifs is 2. The molecule has 1 aromatic carbocycles. The average Bonchev–Trinajstić information content (AvgIpc) is 3.32. The third-order valence-corrected chi connectivity index (χ3v) is 6.87. The van der Waals surface area contributed by atoms with Crippen molar-refractivity contribution in [3.05, 3.63) is 59.4 Å². The molecule has 4 rings (SSSR count). The van der Waals surface area contributed by atoms with Crippen LogP contribution in [0.3, 0.4) is 0 Å². The number of nitrogens with one attached hydrogen (secondary N) is 1. The van der Waals surface area contributed by atoms with E-state index in [0.717, 1.165) is 24.0 Å². The Morgan fingerprint density at radius 3 is 2.59 bits per heavy atom. The number of rotatable bonds is 5. The molecule has 2 amide bonds. The van der Waals surface area contributed by atoms with Gasteiger partial charge in [0.25, 0.3) is 0 Å². The lowest BCUT2D eigenvalue weighted by molar-refractivity contribution is -0.129. The standard InChI is InChI=1S/C25H32N4O3/c1-17(2)24(31)27-22-19-7-5-6-8-20(19)25(23(22)32-4)11-13-29(14-12-25)21(30)10-9-18-15-26-28(3)16-18/h5-10,15-17,22-23H,11-14H2,1-4H3,(H,27,31)/b10-9+/t22-,23+/m1/s1. The molecule has 170 valence electrons. The molecule has 1 spiro atoms. The molecule has 0 saturated carbocycles. The SMILES string of the molecule is CO[C@H]1[C@H](NC(=O)C(C)C)c2ccccc2C12CCN(C(=O)/C=C/c1cnn(C)c1)CC2. The summed E-state index contributed by atoms with van der Waals surface area (Å²) in [6.45, 7) is 5.10. The molecule has 1 saturated heterocycles. The molecule has 0 radical (unpaired) electrons. The summed E-state index contributed by atoms with van der Waals surface area (Å²) >= 11 is 0. The van der Waals surface area contributed by atoms with Crippen LogP contribution in [-0.4, -0.2) is 52.8 Å². The highest BCUT2D eigenvalue weighted by atomic mass is 16.5. The summed E-state index contributed by atoms with van der Waals surface area (Å²) in [6, 6.07) is 8.13. The molecule has 32 heavy (non-hydrogen) atoms. The van der Waals surface area contributed by atoms with E-state index in [0.29, 0.717) is 13.1 Å². The monoisotopic (exact) mass is 436 g/mol. The first-order valence-corrected chi connectivity index (χ1v) is 11.2. The molecule has 0 bridgehead atoms. The van der Waals surface area contributed by atoms with Gasteiger partial charge < -0.3 is 15.0 Å². The number of carbonyl (C=O) groups is 2. The molecular weight excluding hydrogens is 404 g/mol. The largest absolute Gasteiger partial charge is 0.378 e. The molecule has 1 aliphatic carbocycles. The smallest absolute Gasteiger partial charge is 0.246 e. The molecule has 2 heterocycles. The first kappa shape index (κ1) is 22.3. The zero-order chi connectivity index (χ0) is 22.9. The summed E-state index contributed by atoms with van der Waals surface area (Å²) in [4.78, 5) is 27.2. The van der Waals surface area contributed by atoms with E-state index in [1.807, 2.05) is 44.1 Å². The maximum absolute atomic E-state index is 12.8. The predicted molar refractivity (Wildman–Crippen MR) is 123 cm³/mol. The molecule has 1 N–H and O–H groups in total. The molecular formula is C25H32N4O3. The Hall–Kier alpha value is -2.93. The lowest BCUT2D eigenvalue weighted by atomic mass is 9.72. The molecule has 2 aromatic rings. The second kappa shape index (κ2) is 8.90. The van der Waals surface area contributed by atoms with Crippen molar-refractivity contribution in [1.82, 2.24) is 20.0 Å². The fourth-order valence-electron chi connectivity index (χ4n) is 5.17. The van der Waals surface area contributed by atoms with Crippen molar-refractivity contribution >= 4 is 17.9 Å². The normalized spacial score (nSPS) is 22.0. The van der Waals surface area contributed by atoms with Crippen LogP contribution in [0.25, 0.3) is 6.08 Å². The molecule has 2 atom stereocenters. The highest BCUT2D eigenvalue weighted by molar-refractivity contribution is 5.91. The number of methoxy groups -OCH3 is 1. The fraction of sp³-hybridized carbons (Fsp3) is 0.480. The first-order chi connectivity index (χ1) is 15.4. The van der Waals surface area contributed by atoms with Crippen LogP contribution in [0.15, 0.2) is 42.7 Å². The van der Waals surface area contributed by atoms with Gasteiger partial charge in [-0.05, 0) is 30.0 Å². The molecule has 0 unspecified atom stereocenters. The summed E-state index contributed by atoms with van der Waals surface area (Å²) in [7, 11) is 3.58. The van der Waals surface area contributed by atoms with Gasteiger partial charge >= 0.3 is 0 Å². The topological polar surface area (TPSA) is 76.5 Å². The lowest BCUT2D eigenvalue weighted by Crippen LogP contribution is -2.51. The lowest BCUT2D eigenvalue weighted by Gasteiger charge is -2.44. The number of aromatic nitrogens is 2. The number of piperidine rings is 1. The Bertz CT molecular complexity index is 1020. The van der Waals surface area contributed by atoms with Gasteiger partial charge in [-0.25, -0.2) is 0 Å². The Balaban J connectivity index is 1.53. The van der Waals surface area contributed by atoms with Gasteiger partial charge in [0, 0.05) is 56.4 Å². The van der Waals surface area contributed by atoms with Gasteiger partial charge in [0.05, 0.1) is 18.3 Å². The number of likely N-dealkylation sites (tertiary alicyclic amines) is 1. The van der Waals surface area contributed by atoms with Crippen molar-refractivity contribution in [1.29, 1.82) is 0 Å². The van der Waals surface area contributed by atoms with Crippen molar-refractivity contribution in [3.8, 4) is 0 Å².